The van der Waals surface area contributed by atoms with Gasteiger partial charge < -0.3 is 5.32 Å². The van der Waals surface area contributed by atoms with Crippen molar-refractivity contribution in [2.24, 2.45) is 7.05 Å². The summed E-state index contributed by atoms with van der Waals surface area (Å²) in [6.45, 7) is 4.95. The number of rotatable bonds is 4. The van der Waals surface area contributed by atoms with Crippen molar-refractivity contribution in [1.82, 2.24) is 24.5 Å². The van der Waals surface area contributed by atoms with E-state index in [1.165, 1.54) is 10.7 Å². The third-order valence-electron chi connectivity index (χ3n) is 3.83. The van der Waals surface area contributed by atoms with E-state index < -0.39 is 6.43 Å². The SMILES string of the molecule is Cc1cc(C(F)F)c2c(C)nn(CC(=O)Nc3cc(C)nn3C)c2n1. The normalized spacial score (nSPS) is 11.5. The Morgan fingerprint density at radius 1 is 1.20 bits per heavy atom. The average molecular weight is 348 g/mol. The first-order valence-electron chi connectivity index (χ1n) is 7.69. The number of amides is 1. The minimum Gasteiger partial charge on any atom is -0.309 e. The van der Waals surface area contributed by atoms with E-state index in [0.717, 1.165) is 5.69 Å². The van der Waals surface area contributed by atoms with Crippen molar-refractivity contribution in [2.45, 2.75) is 33.7 Å². The number of pyridine rings is 1. The van der Waals surface area contributed by atoms with Crippen LogP contribution in [0.3, 0.4) is 0 Å². The number of aryl methyl sites for hydroxylation is 4. The van der Waals surface area contributed by atoms with Gasteiger partial charge in [-0.25, -0.2) is 18.4 Å². The van der Waals surface area contributed by atoms with Crippen molar-refractivity contribution in [3.8, 4) is 0 Å². The summed E-state index contributed by atoms with van der Waals surface area (Å²) in [5, 5.41) is 11.4. The molecule has 7 nitrogen and oxygen atoms in total. The highest BCUT2D eigenvalue weighted by Gasteiger charge is 2.20. The molecule has 0 spiro atoms. The molecule has 0 aliphatic carbocycles. The molecule has 0 aliphatic heterocycles. The van der Waals surface area contributed by atoms with Gasteiger partial charge in [-0.2, -0.15) is 10.2 Å². The average Bonchev–Trinajstić information content (AvgIpc) is 2.98. The van der Waals surface area contributed by atoms with Crippen LogP contribution < -0.4 is 5.32 Å². The molecule has 25 heavy (non-hydrogen) atoms. The Balaban J connectivity index is 1.94. The minimum absolute atomic E-state index is 0.117. The Bertz CT molecular complexity index is 959. The number of nitrogens with one attached hydrogen (secondary N) is 1. The third kappa shape index (κ3) is 3.21. The third-order valence-corrected chi connectivity index (χ3v) is 3.83. The Morgan fingerprint density at radius 2 is 1.92 bits per heavy atom. The lowest BCUT2D eigenvalue weighted by Crippen LogP contribution is -2.21. The first-order valence-corrected chi connectivity index (χ1v) is 7.69. The summed E-state index contributed by atoms with van der Waals surface area (Å²) < 4.78 is 29.5. The fourth-order valence-corrected chi connectivity index (χ4v) is 2.85. The number of anilines is 1. The molecule has 0 aromatic carbocycles. The molecular weight excluding hydrogens is 330 g/mol. The highest BCUT2D eigenvalue weighted by molar-refractivity contribution is 5.91. The van der Waals surface area contributed by atoms with Crippen molar-refractivity contribution in [3.05, 3.63) is 34.8 Å². The van der Waals surface area contributed by atoms with Crippen molar-refractivity contribution in [1.29, 1.82) is 0 Å². The van der Waals surface area contributed by atoms with Crippen LogP contribution in [0.4, 0.5) is 14.6 Å². The van der Waals surface area contributed by atoms with E-state index in [9.17, 15) is 13.6 Å². The number of carbonyl (C=O) groups is 1. The molecule has 3 aromatic rings. The maximum atomic E-state index is 13.3. The van der Waals surface area contributed by atoms with E-state index in [4.69, 9.17) is 0 Å². The van der Waals surface area contributed by atoms with E-state index in [-0.39, 0.29) is 23.7 Å². The first kappa shape index (κ1) is 17.0. The smallest absolute Gasteiger partial charge is 0.264 e. The van der Waals surface area contributed by atoms with Crippen molar-refractivity contribution in [2.75, 3.05) is 5.32 Å². The topological polar surface area (TPSA) is 77.6 Å². The highest BCUT2D eigenvalue weighted by atomic mass is 19.3. The van der Waals surface area contributed by atoms with Crippen LogP contribution in [0.25, 0.3) is 11.0 Å². The number of nitrogens with zero attached hydrogens (tertiary/aromatic N) is 5. The molecule has 0 bridgehead atoms. The highest BCUT2D eigenvalue weighted by Crippen LogP contribution is 2.29. The summed E-state index contributed by atoms with van der Waals surface area (Å²) in [6.07, 6.45) is -2.63. The zero-order chi connectivity index (χ0) is 18.3. The number of fused-ring (bicyclic) bond motifs is 1. The molecular formula is C16H18F2N6O. The number of carbonyl (C=O) groups excluding carboxylic acids is 1. The molecule has 132 valence electrons. The molecule has 0 saturated heterocycles. The van der Waals surface area contributed by atoms with Crippen LogP contribution in [-0.4, -0.2) is 30.5 Å². The van der Waals surface area contributed by atoms with E-state index in [1.54, 1.807) is 31.6 Å². The standard InChI is InChI=1S/C16H18F2N6O/c1-8-5-11(15(17)18)14-10(3)22-24(16(14)19-8)7-13(25)20-12-6-9(2)21-23(12)4/h5-6,15H,7H2,1-4H3,(H,20,25). The Morgan fingerprint density at radius 3 is 2.52 bits per heavy atom. The number of hydrogen-bond donors (Lipinski definition) is 1. The molecule has 1 amide bonds. The summed E-state index contributed by atoms with van der Waals surface area (Å²) in [5.41, 5.74) is 1.81. The maximum Gasteiger partial charge on any atom is 0.264 e. The number of hydrogen-bond acceptors (Lipinski definition) is 4. The zero-order valence-corrected chi connectivity index (χ0v) is 14.3. The Kier molecular flexibility index (Phi) is 4.23. The maximum absolute atomic E-state index is 13.3. The molecule has 0 fully saturated rings. The predicted octanol–water partition coefficient (Wildman–Crippen LogP) is 2.67. The largest absolute Gasteiger partial charge is 0.309 e. The van der Waals surface area contributed by atoms with E-state index >= 15 is 0 Å². The lowest BCUT2D eigenvalue weighted by atomic mass is 10.1. The summed E-state index contributed by atoms with van der Waals surface area (Å²) >= 11 is 0. The number of halogens is 2. The second kappa shape index (κ2) is 6.23. The fraction of sp³-hybridized carbons (Fsp3) is 0.375. The van der Waals surface area contributed by atoms with E-state index in [0.29, 0.717) is 22.6 Å². The molecule has 3 aromatic heterocycles. The lowest BCUT2D eigenvalue weighted by molar-refractivity contribution is -0.116. The summed E-state index contributed by atoms with van der Waals surface area (Å²) in [5.74, 6) is 0.211. The molecule has 3 heterocycles. The number of aromatic nitrogens is 5. The van der Waals surface area contributed by atoms with Crippen molar-refractivity contribution < 1.29 is 13.6 Å². The van der Waals surface area contributed by atoms with Gasteiger partial charge in [-0.3, -0.25) is 9.48 Å². The first-order chi connectivity index (χ1) is 11.8. The van der Waals surface area contributed by atoms with Crippen LogP contribution in [0.5, 0.6) is 0 Å². The molecule has 0 atom stereocenters. The van der Waals surface area contributed by atoms with Gasteiger partial charge in [0.1, 0.15) is 12.4 Å². The molecule has 0 saturated carbocycles. The predicted molar refractivity (Wildman–Crippen MR) is 88.5 cm³/mol. The molecule has 0 aliphatic rings. The zero-order valence-electron chi connectivity index (χ0n) is 14.3. The van der Waals surface area contributed by atoms with Crippen LogP contribution in [0.2, 0.25) is 0 Å². The summed E-state index contributed by atoms with van der Waals surface area (Å²) in [7, 11) is 1.72. The molecule has 3 rings (SSSR count). The van der Waals surface area contributed by atoms with E-state index in [1.807, 2.05) is 6.92 Å². The molecule has 0 radical (unpaired) electrons. The van der Waals surface area contributed by atoms with Gasteiger partial charge in [0, 0.05) is 24.4 Å². The molecule has 0 unspecified atom stereocenters. The van der Waals surface area contributed by atoms with Gasteiger partial charge in [0.25, 0.3) is 6.43 Å². The molecule has 9 heteroatoms. The monoisotopic (exact) mass is 348 g/mol. The van der Waals surface area contributed by atoms with Crippen LogP contribution in [0.15, 0.2) is 12.1 Å². The van der Waals surface area contributed by atoms with Crippen LogP contribution in [0, 0.1) is 20.8 Å². The lowest BCUT2D eigenvalue weighted by Gasteiger charge is -2.07. The Labute approximate surface area is 142 Å². The van der Waals surface area contributed by atoms with Crippen LogP contribution in [0.1, 0.15) is 29.1 Å². The van der Waals surface area contributed by atoms with Gasteiger partial charge in [0.05, 0.1) is 16.8 Å². The van der Waals surface area contributed by atoms with Crippen molar-refractivity contribution in [3.63, 3.8) is 0 Å². The minimum atomic E-state index is -2.63. The van der Waals surface area contributed by atoms with Crippen LogP contribution in [-0.2, 0) is 18.4 Å². The summed E-state index contributed by atoms with van der Waals surface area (Å²) in [6, 6.07) is 3.09. The van der Waals surface area contributed by atoms with Gasteiger partial charge in [-0.1, -0.05) is 0 Å². The van der Waals surface area contributed by atoms with Gasteiger partial charge in [-0.15, -0.1) is 0 Å². The second-order valence-electron chi connectivity index (χ2n) is 5.94. The fourth-order valence-electron chi connectivity index (χ4n) is 2.85. The second-order valence-corrected chi connectivity index (χ2v) is 5.94. The van der Waals surface area contributed by atoms with Gasteiger partial charge in [-0.05, 0) is 26.8 Å². The number of alkyl halides is 2. The van der Waals surface area contributed by atoms with Gasteiger partial charge in [0.15, 0.2) is 5.65 Å². The van der Waals surface area contributed by atoms with Gasteiger partial charge >= 0.3 is 0 Å². The van der Waals surface area contributed by atoms with Gasteiger partial charge in [0.2, 0.25) is 5.91 Å². The summed E-state index contributed by atoms with van der Waals surface area (Å²) in [4.78, 5) is 16.6. The quantitative estimate of drug-likeness (QED) is 0.786. The van der Waals surface area contributed by atoms with Crippen LogP contribution >= 0.6 is 0 Å². The molecule has 1 N–H and O–H groups in total. The Hall–Kier alpha value is -2.84. The van der Waals surface area contributed by atoms with E-state index in [2.05, 4.69) is 20.5 Å². The van der Waals surface area contributed by atoms with Crippen molar-refractivity contribution >= 4 is 22.8 Å².